The first-order valence-electron chi connectivity index (χ1n) is 6.09. The van der Waals surface area contributed by atoms with Crippen LogP contribution >= 0.6 is 0 Å². The highest BCUT2D eigenvalue weighted by atomic mass is 16.5. The summed E-state index contributed by atoms with van der Waals surface area (Å²) < 4.78 is 5.99. The molecule has 0 heterocycles. The van der Waals surface area contributed by atoms with Gasteiger partial charge in [0.1, 0.15) is 0 Å². The third kappa shape index (κ3) is 2.28. The molecule has 0 saturated carbocycles. The number of fused-ring (bicyclic) bond motifs is 1. The summed E-state index contributed by atoms with van der Waals surface area (Å²) in [5, 5.41) is 3.37. The average Bonchev–Trinajstić information content (AvgIpc) is 2.63. The minimum absolute atomic E-state index is 0.296. The van der Waals surface area contributed by atoms with E-state index < -0.39 is 0 Å². The van der Waals surface area contributed by atoms with Crippen LogP contribution in [-0.4, -0.2) is 19.8 Å². The molecule has 0 aromatic heterocycles. The van der Waals surface area contributed by atoms with Crippen molar-refractivity contribution in [2.24, 2.45) is 5.92 Å². The molecule has 0 saturated heterocycles. The van der Waals surface area contributed by atoms with E-state index in [9.17, 15) is 0 Å². The molecule has 1 aliphatic carbocycles. The highest BCUT2D eigenvalue weighted by molar-refractivity contribution is 5.36. The van der Waals surface area contributed by atoms with Gasteiger partial charge >= 0.3 is 0 Å². The lowest BCUT2D eigenvalue weighted by molar-refractivity contribution is 0.0209. The summed E-state index contributed by atoms with van der Waals surface area (Å²) >= 11 is 0. The summed E-state index contributed by atoms with van der Waals surface area (Å²) in [4.78, 5) is 0. The Hall–Kier alpha value is -0.860. The van der Waals surface area contributed by atoms with Gasteiger partial charge in [-0.2, -0.15) is 0 Å². The molecule has 16 heavy (non-hydrogen) atoms. The Balaban J connectivity index is 2.08. The Labute approximate surface area is 98.0 Å². The first-order chi connectivity index (χ1) is 7.72. The smallest absolute Gasteiger partial charge is 0.0810 e. The van der Waals surface area contributed by atoms with Gasteiger partial charge in [0.2, 0.25) is 0 Å². The molecule has 2 nitrogen and oxygen atoms in total. The van der Waals surface area contributed by atoms with Crippen LogP contribution in [-0.2, 0) is 11.2 Å². The minimum Gasteiger partial charge on any atom is -0.376 e. The summed E-state index contributed by atoms with van der Waals surface area (Å²) in [6, 6.07) is 8.98. The quantitative estimate of drug-likeness (QED) is 0.840. The van der Waals surface area contributed by atoms with Gasteiger partial charge < -0.3 is 10.1 Å². The van der Waals surface area contributed by atoms with Crippen LogP contribution in [0.4, 0.5) is 0 Å². The Bertz CT molecular complexity index is 348. The van der Waals surface area contributed by atoms with Crippen LogP contribution < -0.4 is 5.32 Å². The Morgan fingerprint density at radius 2 is 2.12 bits per heavy atom. The summed E-state index contributed by atoms with van der Waals surface area (Å²) in [5.74, 6) is 0.598. The molecule has 0 spiro atoms. The van der Waals surface area contributed by atoms with Gasteiger partial charge in [0.25, 0.3) is 0 Å². The molecular formula is C14H21NO. The molecule has 1 N–H and O–H groups in total. The molecule has 1 aromatic rings. The van der Waals surface area contributed by atoms with Crippen molar-refractivity contribution in [2.45, 2.75) is 32.4 Å². The Morgan fingerprint density at radius 3 is 2.81 bits per heavy atom. The maximum Gasteiger partial charge on any atom is 0.0810 e. The highest BCUT2D eigenvalue weighted by Crippen LogP contribution is 2.33. The second-order valence-corrected chi connectivity index (χ2v) is 4.93. The van der Waals surface area contributed by atoms with Crippen molar-refractivity contribution in [2.75, 3.05) is 13.7 Å². The second-order valence-electron chi connectivity index (χ2n) is 4.93. The fraction of sp³-hybridized carbons (Fsp3) is 0.571. The van der Waals surface area contributed by atoms with Crippen molar-refractivity contribution < 1.29 is 4.74 Å². The van der Waals surface area contributed by atoms with Crippen LogP contribution in [0.2, 0.25) is 0 Å². The van der Waals surface area contributed by atoms with Crippen LogP contribution in [0.1, 0.15) is 31.0 Å². The van der Waals surface area contributed by atoms with Crippen molar-refractivity contribution in [1.29, 1.82) is 0 Å². The fourth-order valence-corrected chi connectivity index (χ4v) is 2.37. The molecule has 88 valence electrons. The van der Waals surface area contributed by atoms with Gasteiger partial charge in [-0.15, -0.1) is 0 Å². The second kappa shape index (κ2) is 4.98. The predicted octanol–water partition coefficient (Wildman–Crippen LogP) is 2.54. The largest absolute Gasteiger partial charge is 0.376 e. The number of nitrogens with one attached hydrogen (secondary N) is 1. The van der Waals surface area contributed by atoms with E-state index in [2.05, 4.69) is 43.4 Å². The molecule has 2 unspecified atom stereocenters. The van der Waals surface area contributed by atoms with Crippen molar-refractivity contribution in [3.05, 3.63) is 35.4 Å². The third-order valence-electron chi connectivity index (χ3n) is 3.14. The number of likely N-dealkylation sites (N-methyl/N-ethyl adjacent to an activating group) is 1. The monoisotopic (exact) mass is 219 g/mol. The molecule has 2 rings (SSSR count). The number of ether oxygens (including phenoxy) is 1. The van der Waals surface area contributed by atoms with Crippen molar-refractivity contribution in [1.82, 2.24) is 5.32 Å². The zero-order chi connectivity index (χ0) is 11.5. The van der Waals surface area contributed by atoms with E-state index in [4.69, 9.17) is 4.74 Å². The number of benzene rings is 1. The SMILES string of the molecule is CNC1c2ccccc2CC1OCC(C)C. The number of rotatable bonds is 4. The van der Waals surface area contributed by atoms with Gasteiger partial charge in [-0.05, 0) is 24.1 Å². The average molecular weight is 219 g/mol. The molecule has 0 radical (unpaired) electrons. The topological polar surface area (TPSA) is 21.3 Å². The van der Waals surface area contributed by atoms with Gasteiger partial charge in [-0.1, -0.05) is 38.1 Å². The van der Waals surface area contributed by atoms with Gasteiger partial charge in [-0.25, -0.2) is 0 Å². The lowest BCUT2D eigenvalue weighted by atomic mass is 10.1. The van der Waals surface area contributed by atoms with E-state index in [1.54, 1.807) is 0 Å². The molecule has 2 heteroatoms. The Morgan fingerprint density at radius 1 is 1.38 bits per heavy atom. The lowest BCUT2D eigenvalue weighted by Gasteiger charge is -2.21. The van der Waals surface area contributed by atoms with Crippen LogP contribution in [0, 0.1) is 5.92 Å². The van der Waals surface area contributed by atoms with Crippen molar-refractivity contribution >= 4 is 0 Å². The van der Waals surface area contributed by atoms with Crippen LogP contribution in [0.15, 0.2) is 24.3 Å². The zero-order valence-corrected chi connectivity index (χ0v) is 10.4. The molecular weight excluding hydrogens is 198 g/mol. The zero-order valence-electron chi connectivity index (χ0n) is 10.4. The van der Waals surface area contributed by atoms with E-state index >= 15 is 0 Å². The summed E-state index contributed by atoms with van der Waals surface area (Å²) in [6.07, 6.45) is 1.33. The molecule has 0 fully saturated rings. The normalized spacial score (nSPS) is 23.8. The molecule has 1 aliphatic rings. The molecule has 1 aromatic carbocycles. The van der Waals surface area contributed by atoms with Crippen molar-refractivity contribution in [3.63, 3.8) is 0 Å². The van der Waals surface area contributed by atoms with E-state index in [0.29, 0.717) is 18.1 Å². The highest BCUT2D eigenvalue weighted by Gasteiger charge is 2.31. The van der Waals surface area contributed by atoms with E-state index in [1.165, 1.54) is 11.1 Å². The Kier molecular flexibility index (Phi) is 3.62. The third-order valence-corrected chi connectivity index (χ3v) is 3.14. The first-order valence-corrected chi connectivity index (χ1v) is 6.09. The van der Waals surface area contributed by atoms with E-state index in [0.717, 1.165) is 13.0 Å². The van der Waals surface area contributed by atoms with Gasteiger partial charge in [0.05, 0.1) is 12.1 Å². The lowest BCUT2D eigenvalue weighted by Crippen LogP contribution is -2.29. The molecule has 0 bridgehead atoms. The molecule has 2 atom stereocenters. The minimum atomic E-state index is 0.296. The van der Waals surface area contributed by atoms with Crippen LogP contribution in [0.25, 0.3) is 0 Å². The maximum atomic E-state index is 5.99. The first kappa shape index (κ1) is 11.6. The van der Waals surface area contributed by atoms with Gasteiger partial charge in [0, 0.05) is 13.0 Å². The van der Waals surface area contributed by atoms with E-state index in [-0.39, 0.29) is 0 Å². The maximum absolute atomic E-state index is 5.99. The van der Waals surface area contributed by atoms with Gasteiger partial charge in [0.15, 0.2) is 0 Å². The number of hydrogen-bond donors (Lipinski definition) is 1. The summed E-state index contributed by atoms with van der Waals surface area (Å²) in [6.45, 7) is 5.23. The van der Waals surface area contributed by atoms with Crippen LogP contribution in [0.5, 0.6) is 0 Å². The van der Waals surface area contributed by atoms with E-state index in [1.807, 2.05) is 7.05 Å². The summed E-state index contributed by atoms with van der Waals surface area (Å²) in [7, 11) is 2.01. The van der Waals surface area contributed by atoms with Crippen LogP contribution in [0.3, 0.4) is 0 Å². The molecule has 0 aliphatic heterocycles. The molecule has 0 amide bonds. The van der Waals surface area contributed by atoms with Gasteiger partial charge in [-0.3, -0.25) is 0 Å². The fourth-order valence-electron chi connectivity index (χ4n) is 2.37. The standard InChI is InChI=1S/C14H21NO/c1-10(2)9-16-13-8-11-6-4-5-7-12(11)14(13)15-3/h4-7,10,13-15H,8-9H2,1-3H3. The number of hydrogen-bond acceptors (Lipinski definition) is 2. The summed E-state index contributed by atoms with van der Waals surface area (Å²) in [5.41, 5.74) is 2.83. The van der Waals surface area contributed by atoms with Crippen molar-refractivity contribution in [3.8, 4) is 0 Å². The predicted molar refractivity (Wildman–Crippen MR) is 66.5 cm³/mol.